The van der Waals surface area contributed by atoms with E-state index in [1.165, 1.54) is 0 Å². The highest BCUT2D eigenvalue weighted by Crippen LogP contribution is 2.28. The van der Waals surface area contributed by atoms with Crippen LogP contribution in [0.2, 0.25) is 0 Å². The van der Waals surface area contributed by atoms with Gasteiger partial charge in [-0.25, -0.2) is 4.98 Å². The number of nitrogens with zero attached hydrogens (tertiary/aromatic N) is 2. The predicted octanol–water partition coefficient (Wildman–Crippen LogP) is 4.90. The van der Waals surface area contributed by atoms with E-state index in [1.807, 2.05) is 73.7 Å². The number of hydrogen-bond acceptors (Lipinski definition) is 3. The van der Waals surface area contributed by atoms with Crippen LogP contribution in [0.5, 0.6) is 0 Å². The van der Waals surface area contributed by atoms with Gasteiger partial charge in [-0.2, -0.15) is 0 Å². The summed E-state index contributed by atoms with van der Waals surface area (Å²) in [6, 6.07) is 21.3. The maximum atomic E-state index is 13.5. The molecule has 2 N–H and O–H groups in total. The fourth-order valence-corrected chi connectivity index (χ4v) is 3.72. The van der Waals surface area contributed by atoms with Crippen molar-refractivity contribution >= 4 is 39.2 Å². The molecule has 28 heavy (non-hydrogen) atoms. The van der Waals surface area contributed by atoms with Crippen molar-refractivity contribution in [3.05, 3.63) is 98.6 Å². The molecule has 0 unspecified atom stereocenters. The van der Waals surface area contributed by atoms with Crippen LogP contribution in [0, 0.1) is 10.5 Å². The first kappa shape index (κ1) is 18.4. The third-order valence-electron chi connectivity index (χ3n) is 4.69. The molecule has 4 nitrogen and oxygen atoms in total. The third kappa shape index (κ3) is 3.22. The summed E-state index contributed by atoms with van der Waals surface area (Å²) < 4.78 is 2.77. The van der Waals surface area contributed by atoms with Gasteiger partial charge in [0.2, 0.25) is 0 Å². The maximum absolute atomic E-state index is 13.5. The molecule has 1 aromatic heterocycles. The van der Waals surface area contributed by atoms with Gasteiger partial charge in [-0.3, -0.25) is 9.36 Å². The first-order chi connectivity index (χ1) is 13.5. The van der Waals surface area contributed by atoms with Crippen LogP contribution in [0.1, 0.15) is 11.4 Å². The van der Waals surface area contributed by atoms with E-state index in [9.17, 15) is 4.79 Å². The molecule has 0 fully saturated rings. The van der Waals surface area contributed by atoms with Crippen molar-refractivity contribution in [2.24, 2.45) is 5.73 Å². The lowest BCUT2D eigenvalue weighted by Crippen LogP contribution is -2.22. The van der Waals surface area contributed by atoms with Gasteiger partial charge in [0, 0.05) is 9.27 Å². The zero-order valence-electron chi connectivity index (χ0n) is 15.3. The minimum atomic E-state index is -0.0868. The van der Waals surface area contributed by atoms with Crippen molar-refractivity contribution in [1.29, 1.82) is 0 Å². The Labute approximate surface area is 176 Å². The van der Waals surface area contributed by atoms with E-state index in [1.54, 1.807) is 4.57 Å². The molecular weight excluding hydrogens is 461 g/mol. The second kappa shape index (κ2) is 7.24. The van der Waals surface area contributed by atoms with Gasteiger partial charge in [0.05, 0.1) is 16.6 Å². The van der Waals surface area contributed by atoms with Crippen molar-refractivity contribution in [2.45, 2.75) is 6.92 Å². The third-order valence-corrected chi connectivity index (χ3v) is 5.41. The Morgan fingerprint density at radius 3 is 2.50 bits per heavy atom. The standard InChI is InChI=1S/C23H18IN3O/c1-14(25)16-5-3-6-17(13-16)20-7-4-8-21-22(20)23(28)27(15(2)26-21)19-11-9-18(24)10-12-19/h3-13H,1,25H2,2H3. The lowest BCUT2D eigenvalue weighted by atomic mass is 9.98. The molecule has 0 bridgehead atoms. The predicted molar refractivity (Wildman–Crippen MR) is 123 cm³/mol. The summed E-state index contributed by atoms with van der Waals surface area (Å²) in [6.07, 6.45) is 0. The normalized spacial score (nSPS) is 10.9. The Morgan fingerprint density at radius 2 is 1.79 bits per heavy atom. The molecule has 0 aliphatic carbocycles. The summed E-state index contributed by atoms with van der Waals surface area (Å²) in [4.78, 5) is 18.2. The van der Waals surface area contributed by atoms with Gasteiger partial charge in [-0.15, -0.1) is 0 Å². The topological polar surface area (TPSA) is 60.9 Å². The van der Waals surface area contributed by atoms with E-state index in [4.69, 9.17) is 10.7 Å². The Bertz CT molecular complexity index is 1270. The Balaban J connectivity index is 2.03. The number of aromatic nitrogens is 2. The minimum absolute atomic E-state index is 0.0868. The Morgan fingerprint density at radius 1 is 1.07 bits per heavy atom. The van der Waals surface area contributed by atoms with E-state index in [2.05, 4.69) is 29.2 Å². The van der Waals surface area contributed by atoms with E-state index in [-0.39, 0.29) is 5.56 Å². The van der Waals surface area contributed by atoms with Crippen molar-refractivity contribution in [3.63, 3.8) is 0 Å². The van der Waals surface area contributed by atoms with Gasteiger partial charge in [0.15, 0.2) is 0 Å². The van der Waals surface area contributed by atoms with Crippen molar-refractivity contribution < 1.29 is 0 Å². The number of rotatable bonds is 3. The maximum Gasteiger partial charge on any atom is 0.266 e. The van der Waals surface area contributed by atoms with Gasteiger partial charge in [0.25, 0.3) is 5.56 Å². The Hall–Kier alpha value is -2.93. The van der Waals surface area contributed by atoms with Gasteiger partial charge in [-0.05, 0) is 82.6 Å². The average Bonchev–Trinajstić information content (AvgIpc) is 2.69. The van der Waals surface area contributed by atoms with Crippen LogP contribution in [0.4, 0.5) is 0 Å². The summed E-state index contributed by atoms with van der Waals surface area (Å²) in [6.45, 7) is 5.66. The second-order valence-electron chi connectivity index (χ2n) is 6.58. The number of benzene rings is 3. The highest BCUT2D eigenvalue weighted by molar-refractivity contribution is 14.1. The number of hydrogen-bond donors (Lipinski definition) is 1. The molecular formula is C23H18IN3O. The van der Waals surface area contributed by atoms with Crippen LogP contribution < -0.4 is 11.3 Å². The number of halogens is 1. The minimum Gasteiger partial charge on any atom is -0.399 e. The molecule has 1 heterocycles. The number of nitrogens with two attached hydrogens (primary N) is 1. The summed E-state index contributed by atoms with van der Waals surface area (Å²) in [5.74, 6) is 0.653. The highest BCUT2D eigenvalue weighted by Gasteiger charge is 2.14. The van der Waals surface area contributed by atoms with Crippen molar-refractivity contribution in [1.82, 2.24) is 9.55 Å². The second-order valence-corrected chi connectivity index (χ2v) is 7.83. The number of aryl methyl sites for hydroxylation is 1. The molecule has 0 radical (unpaired) electrons. The summed E-state index contributed by atoms with van der Waals surface area (Å²) in [5.41, 5.74) is 10.3. The summed E-state index contributed by atoms with van der Waals surface area (Å²) >= 11 is 2.25. The van der Waals surface area contributed by atoms with Crippen LogP contribution in [0.3, 0.4) is 0 Å². The molecule has 4 aromatic rings. The molecule has 0 atom stereocenters. The molecule has 0 saturated heterocycles. The lowest BCUT2D eigenvalue weighted by molar-refractivity contribution is 0.895. The van der Waals surface area contributed by atoms with Crippen LogP contribution in [-0.2, 0) is 0 Å². The van der Waals surface area contributed by atoms with E-state index in [0.29, 0.717) is 22.4 Å². The van der Waals surface area contributed by atoms with E-state index < -0.39 is 0 Å². The lowest BCUT2D eigenvalue weighted by Gasteiger charge is -2.14. The molecule has 3 aromatic carbocycles. The average molecular weight is 479 g/mol. The molecule has 4 rings (SSSR count). The largest absolute Gasteiger partial charge is 0.399 e. The zero-order chi connectivity index (χ0) is 19.8. The Kier molecular flexibility index (Phi) is 4.77. The highest BCUT2D eigenvalue weighted by atomic mass is 127. The van der Waals surface area contributed by atoms with Crippen LogP contribution in [0.15, 0.2) is 78.1 Å². The van der Waals surface area contributed by atoms with Gasteiger partial charge in [0.1, 0.15) is 5.82 Å². The zero-order valence-corrected chi connectivity index (χ0v) is 17.5. The van der Waals surface area contributed by atoms with Gasteiger partial charge < -0.3 is 5.73 Å². The van der Waals surface area contributed by atoms with Gasteiger partial charge in [-0.1, -0.05) is 36.9 Å². The van der Waals surface area contributed by atoms with E-state index in [0.717, 1.165) is 25.9 Å². The molecule has 0 aliphatic rings. The fourth-order valence-electron chi connectivity index (χ4n) is 3.36. The first-order valence-corrected chi connectivity index (χ1v) is 9.87. The molecule has 0 aliphatic heterocycles. The first-order valence-electron chi connectivity index (χ1n) is 8.79. The quantitative estimate of drug-likeness (QED) is 0.426. The molecule has 138 valence electrons. The van der Waals surface area contributed by atoms with Crippen LogP contribution in [0.25, 0.3) is 33.4 Å². The monoisotopic (exact) mass is 479 g/mol. The molecule has 0 spiro atoms. The number of fused-ring (bicyclic) bond motifs is 1. The molecule has 0 saturated carbocycles. The van der Waals surface area contributed by atoms with Crippen molar-refractivity contribution in [3.8, 4) is 16.8 Å². The summed E-state index contributed by atoms with van der Waals surface area (Å²) in [7, 11) is 0. The molecule has 0 amide bonds. The summed E-state index contributed by atoms with van der Waals surface area (Å²) in [5, 5.41) is 0.589. The fraction of sp³-hybridized carbons (Fsp3) is 0.0435. The van der Waals surface area contributed by atoms with Crippen molar-refractivity contribution in [2.75, 3.05) is 0 Å². The smallest absolute Gasteiger partial charge is 0.266 e. The molecule has 5 heteroatoms. The SMILES string of the molecule is C=C(N)c1cccc(-c2cccc3nc(C)n(-c4ccc(I)cc4)c(=O)c23)c1. The van der Waals surface area contributed by atoms with E-state index >= 15 is 0 Å². The van der Waals surface area contributed by atoms with Crippen LogP contribution >= 0.6 is 22.6 Å². The van der Waals surface area contributed by atoms with Gasteiger partial charge >= 0.3 is 0 Å². The van der Waals surface area contributed by atoms with Crippen LogP contribution in [-0.4, -0.2) is 9.55 Å².